The molecule has 0 aliphatic carbocycles. The summed E-state index contributed by atoms with van der Waals surface area (Å²) >= 11 is 0. The Morgan fingerprint density at radius 1 is 0.421 bits per heavy atom. The summed E-state index contributed by atoms with van der Waals surface area (Å²) in [6.45, 7) is -2.74. The molecule has 15 nitrogen and oxygen atoms in total. The van der Waals surface area contributed by atoms with Gasteiger partial charge >= 0.3 is 62.5 Å². The maximum absolute atomic E-state index is 13.1. The Kier molecular flexibility index (Phi) is 12.7. The Balaban J connectivity index is 5.86. The van der Waals surface area contributed by atoms with E-state index in [1.54, 1.807) is 0 Å². The highest BCUT2D eigenvalue weighted by Crippen LogP contribution is 2.29. The minimum absolute atomic E-state index is 0.385. The highest BCUT2D eigenvalue weighted by atomic mass is 32.3. The highest BCUT2D eigenvalue weighted by Gasteiger charge is 2.38. The van der Waals surface area contributed by atoms with Crippen LogP contribution < -0.4 is 0 Å². The molecule has 0 heterocycles. The van der Waals surface area contributed by atoms with Crippen molar-refractivity contribution in [1.82, 2.24) is 11.1 Å². The van der Waals surface area contributed by atoms with Crippen LogP contribution in [-0.2, 0) is 62.5 Å². The van der Waals surface area contributed by atoms with Gasteiger partial charge in [-0.3, -0.25) is 0 Å². The van der Waals surface area contributed by atoms with E-state index in [0.717, 1.165) is 0 Å². The third kappa shape index (κ3) is 13.2. The summed E-state index contributed by atoms with van der Waals surface area (Å²) in [7, 11) is -40.0. The summed E-state index contributed by atoms with van der Waals surface area (Å²) in [6.07, 6.45) is -2.02. The lowest BCUT2D eigenvalue weighted by Crippen LogP contribution is -2.38. The van der Waals surface area contributed by atoms with Gasteiger partial charge in [-0.25, -0.2) is 0 Å². The molecule has 0 N–H and O–H groups in total. The van der Waals surface area contributed by atoms with Gasteiger partial charge < -0.3 is 0 Å². The van der Waals surface area contributed by atoms with Gasteiger partial charge in [0.2, 0.25) is 0 Å². The van der Waals surface area contributed by atoms with Crippen LogP contribution in [0.15, 0.2) is 0 Å². The summed E-state index contributed by atoms with van der Waals surface area (Å²) in [5.41, 5.74) is 0. The molecule has 0 unspecified atom stereocenters. The Bertz CT molecular complexity index is 1210. The van der Waals surface area contributed by atoms with E-state index in [-0.39, 0.29) is 18.1 Å². The zero-order valence-corrected chi connectivity index (χ0v) is 24.7. The van der Waals surface area contributed by atoms with Crippen LogP contribution in [0.4, 0.5) is 23.3 Å². The number of halogens is 6. The topological polar surface area (TPSA) is 215 Å². The molecule has 0 aromatic rings. The molecule has 0 aromatic heterocycles. The second-order valence-corrected chi connectivity index (χ2v) is 21.2. The summed E-state index contributed by atoms with van der Waals surface area (Å²) in [4.78, 5) is 0. The first-order chi connectivity index (χ1) is 16.5. The molecular weight excluding hydrogens is 689 g/mol. The maximum Gasteiger partial charge on any atom is 0.390 e. The van der Waals surface area contributed by atoms with Gasteiger partial charge in [0.1, 0.15) is 0 Å². The fraction of sp³-hybridized carbons (Fsp3) is 1.00. The van der Waals surface area contributed by atoms with Crippen LogP contribution in [0.5, 0.6) is 0 Å². The molecule has 0 rings (SSSR count). The molecule has 0 aromatic carbocycles. The third-order valence-corrected chi connectivity index (χ3v) is 16.7. The molecule has 0 fully saturated rings. The van der Waals surface area contributed by atoms with Gasteiger partial charge in [0, 0.05) is 19.6 Å². The summed E-state index contributed by atoms with van der Waals surface area (Å²) in [5, 5.41) is 0. The van der Waals surface area contributed by atoms with Crippen molar-refractivity contribution in [1.29, 1.82) is 0 Å². The number of rotatable bonds is 18. The van der Waals surface area contributed by atoms with Crippen LogP contribution in [0.25, 0.3) is 0 Å². The van der Waals surface area contributed by atoms with E-state index in [4.69, 9.17) is 0 Å². The molecule has 0 bridgehead atoms. The van der Waals surface area contributed by atoms with Crippen molar-refractivity contribution in [2.45, 2.75) is 43.9 Å². The van der Waals surface area contributed by atoms with E-state index >= 15 is 0 Å². The quantitative estimate of drug-likeness (QED) is 0.108. The Labute approximate surface area is 218 Å². The van der Waals surface area contributed by atoms with Gasteiger partial charge in [-0.1, -0.05) is 48.0 Å². The van der Waals surface area contributed by atoms with E-state index in [0.29, 0.717) is 0 Å². The highest BCUT2D eigenvalue weighted by molar-refractivity contribution is 8.00. The number of hydrogen-bond acceptors (Lipinski definition) is 12. The normalized spacial score (nSPS) is 15.0. The first-order valence-electron chi connectivity index (χ1n) is 9.53. The summed E-state index contributed by atoms with van der Waals surface area (Å²) in [5.74, 6) is 0. The van der Waals surface area contributed by atoms with Gasteiger partial charge in [-0.05, 0) is 30.4 Å². The molecule has 0 aliphatic rings. The van der Waals surface area contributed by atoms with Crippen molar-refractivity contribution in [3.8, 4) is 0 Å². The first-order valence-corrected chi connectivity index (χ1v) is 20.7. The van der Waals surface area contributed by atoms with E-state index in [1.807, 2.05) is 0 Å². The second kappa shape index (κ2) is 12.9. The van der Waals surface area contributed by atoms with Crippen LogP contribution in [0.2, 0.25) is 24.7 Å². The largest absolute Gasteiger partial charge is 0.390 e. The van der Waals surface area contributed by atoms with Gasteiger partial charge in [0.05, 0.1) is 8.07 Å². The van der Waals surface area contributed by atoms with Crippen LogP contribution >= 0.6 is 0 Å². The van der Waals surface area contributed by atoms with Crippen molar-refractivity contribution >= 4 is 70.5 Å². The zero-order chi connectivity index (χ0) is 30.6. The average molecular weight is 710 g/mol. The van der Waals surface area contributed by atoms with E-state index in [9.17, 15) is 73.8 Å². The van der Waals surface area contributed by atoms with Crippen LogP contribution in [0, 0.1) is 0 Å². The zero-order valence-electron chi connectivity index (χ0n) is 18.8. The van der Waals surface area contributed by atoms with E-state index in [2.05, 4.69) is 0 Å². The average Bonchev–Trinajstić information content (AvgIpc) is 2.60. The summed E-state index contributed by atoms with van der Waals surface area (Å²) < 4.78 is 206. The molecule has 0 spiro atoms. The molecule has 28 heteroatoms. The fourth-order valence-corrected chi connectivity index (χ4v) is 11.7. The lowest BCUT2D eigenvalue weighted by atomic mass is 10.5. The molecule has 0 saturated carbocycles. The summed E-state index contributed by atoms with van der Waals surface area (Å²) in [6, 6.07) is -1.15. The molecule has 230 valence electrons. The fourth-order valence-electron chi connectivity index (χ4n) is 3.25. The predicted octanol–water partition coefficient (Wildman–Crippen LogP) is 0.427. The van der Waals surface area contributed by atoms with Crippen molar-refractivity contribution in [3.63, 3.8) is 0 Å². The van der Waals surface area contributed by atoms with Gasteiger partial charge in [0.25, 0.3) is 0 Å². The van der Waals surface area contributed by atoms with Gasteiger partial charge in [0.15, 0.2) is 0 Å². The van der Waals surface area contributed by atoms with Crippen molar-refractivity contribution in [3.05, 3.63) is 0 Å². The first kappa shape index (κ1) is 37.4. The maximum atomic E-state index is 13.1. The monoisotopic (exact) mass is 709 g/mol. The lowest BCUT2D eigenvalue weighted by molar-refractivity contribution is 0.440. The molecule has 0 atom stereocenters. The van der Waals surface area contributed by atoms with Crippen molar-refractivity contribution in [2.75, 3.05) is 19.6 Å². The minimum Gasteiger partial charge on any atom is -0.176 e. The van der Waals surface area contributed by atoms with Crippen LogP contribution in [0.1, 0.15) is 19.3 Å². The van der Waals surface area contributed by atoms with Crippen molar-refractivity contribution in [2.24, 2.45) is 0 Å². The molecular formula is C10H21F6N3O12S6Si. The molecule has 38 heavy (non-hydrogen) atoms. The number of nitrogens with zero attached hydrogens (tertiary/aromatic N) is 3. The second-order valence-electron chi connectivity index (χ2n) is 7.76. The SMILES string of the molecule is C[Si](CCCN(S(=O)(=O)F)S(=O)(=O)F)(CCCN(S(=O)(=O)F)S(=O)(=O)F)CCCN(S(=O)(=O)F)S(=O)(=O)F. The Hall–Kier alpha value is -0.623. The van der Waals surface area contributed by atoms with Crippen LogP contribution in [-0.4, -0.2) is 89.3 Å². The van der Waals surface area contributed by atoms with Crippen molar-refractivity contribution < 1.29 is 73.8 Å². The molecule has 0 radical (unpaired) electrons. The van der Waals surface area contributed by atoms with Gasteiger partial charge in [-0.15, -0.1) is 0 Å². The smallest absolute Gasteiger partial charge is 0.176 e. The molecule has 0 saturated heterocycles. The van der Waals surface area contributed by atoms with E-state index < -0.39 is 121 Å². The molecule has 0 aliphatic heterocycles. The Morgan fingerprint density at radius 2 is 0.579 bits per heavy atom. The third-order valence-electron chi connectivity index (χ3n) is 4.82. The predicted molar refractivity (Wildman–Crippen MR) is 120 cm³/mol. The van der Waals surface area contributed by atoms with E-state index in [1.165, 1.54) is 6.55 Å². The Morgan fingerprint density at radius 3 is 0.711 bits per heavy atom. The minimum atomic E-state index is -6.12. The standard InChI is InChI=1S/C10H21F6N3O12S6Si/c1-38(8-2-5-17(32(11,20)21)33(12,22)23,9-3-6-18(34(13,24)25)35(14,26)27)10-4-7-19(36(15,28)29)37(16,30)31/h2-10H2,1H3. The van der Waals surface area contributed by atoms with Crippen LogP contribution in [0.3, 0.4) is 0 Å². The van der Waals surface area contributed by atoms with Gasteiger partial charge in [-0.2, -0.15) is 50.5 Å². The molecule has 0 amide bonds. The lowest BCUT2D eigenvalue weighted by Gasteiger charge is -2.29. The number of hydrogen-bond donors (Lipinski definition) is 0.